The van der Waals surface area contributed by atoms with Gasteiger partial charge in [0, 0.05) is 13.0 Å². The van der Waals surface area contributed by atoms with Crippen LogP contribution in [0.4, 0.5) is 0 Å². The Labute approximate surface area is 176 Å². The van der Waals surface area contributed by atoms with Gasteiger partial charge in [0.2, 0.25) is 23.6 Å². The van der Waals surface area contributed by atoms with Gasteiger partial charge in [-0.15, -0.1) is 0 Å². The number of hydrogen-bond acceptors (Lipinski definition) is 5. The van der Waals surface area contributed by atoms with Crippen molar-refractivity contribution in [2.75, 3.05) is 13.6 Å². The van der Waals surface area contributed by atoms with Crippen LogP contribution in [0.3, 0.4) is 0 Å². The van der Waals surface area contributed by atoms with Crippen molar-refractivity contribution >= 4 is 23.6 Å². The molecular formula is C21H31N5O4. The van der Waals surface area contributed by atoms with Crippen LogP contribution < -0.4 is 21.7 Å². The largest absolute Gasteiger partial charge is 0.368 e. The SMILES string of the molecule is CN[C@@H](C)C(=O)N[C@@H](C)C(=O)N1CCCC1C(=O)NC(Cc1ccccc1)C(N)=O. The lowest BCUT2D eigenvalue weighted by molar-refractivity contribution is -0.141. The molecule has 164 valence electrons. The summed E-state index contributed by atoms with van der Waals surface area (Å²) in [5.41, 5.74) is 6.35. The van der Waals surface area contributed by atoms with Crippen LogP contribution in [0.2, 0.25) is 0 Å². The predicted octanol–water partition coefficient (Wildman–Crippen LogP) is -0.697. The minimum Gasteiger partial charge on any atom is -0.368 e. The number of amides is 4. The van der Waals surface area contributed by atoms with Gasteiger partial charge in [-0.1, -0.05) is 30.3 Å². The standard InChI is InChI=1S/C21H31N5O4/c1-13(23-3)19(28)24-14(2)21(30)26-11-7-10-17(26)20(29)25-16(18(22)27)12-15-8-5-4-6-9-15/h4-6,8-9,13-14,16-17,23H,7,10-12H2,1-3H3,(H2,22,27)(H,24,28)(H,25,29)/t13-,14-,16?,17?/m0/s1. The normalized spacial score (nSPS) is 18.9. The molecule has 0 saturated carbocycles. The fraction of sp³-hybridized carbons (Fsp3) is 0.524. The Kier molecular flexibility index (Phi) is 8.35. The lowest BCUT2D eigenvalue weighted by atomic mass is 10.0. The van der Waals surface area contributed by atoms with Gasteiger partial charge in [0.05, 0.1) is 6.04 Å². The van der Waals surface area contributed by atoms with E-state index in [2.05, 4.69) is 16.0 Å². The second kappa shape index (κ2) is 10.7. The van der Waals surface area contributed by atoms with Crippen LogP contribution in [-0.2, 0) is 25.6 Å². The average molecular weight is 418 g/mol. The van der Waals surface area contributed by atoms with E-state index in [1.54, 1.807) is 20.9 Å². The number of likely N-dealkylation sites (tertiary alicyclic amines) is 1. The zero-order valence-electron chi connectivity index (χ0n) is 17.7. The quantitative estimate of drug-likeness (QED) is 0.422. The van der Waals surface area contributed by atoms with Crippen LogP contribution in [0.5, 0.6) is 0 Å². The van der Waals surface area contributed by atoms with E-state index in [1.807, 2.05) is 30.3 Å². The summed E-state index contributed by atoms with van der Waals surface area (Å²) >= 11 is 0. The lowest BCUT2D eigenvalue weighted by Gasteiger charge is -2.28. The van der Waals surface area contributed by atoms with Gasteiger partial charge in [0.15, 0.2) is 0 Å². The van der Waals surface area contributed by atoms with E-state index >= 15 is 0 Å². The number of benzene rings is 1. The highest BCUT2D eigenvalue weighted by Gasteiger charge is 2.37. The summed E-state index contributed by atoms with van der Waals surface area (Å²) in [7, 11) is 1.65. The second-order valence-electron chi connectivity index (χ2n) is 7.58. The molecule has 9 nitrogen and oxygen atoms in total. The van der Waals surface area contributed by atoms with Gasteiger partial charge in [0.25, 0.3) is 0 Å². The monoisotopic (exact) mass is 417 g/mol. The smallest absolute Gasteiger partial charge is 0.245 e. The number of carbonyl (C=O) groups is 4. The van der Waals surface area contributed by atoms with Crippen molar-refractivity contribution in [1.82, 2.24) is 20.9 Å². The highest BCUT2D eigenvalue weighted by atomic mass is 16.2. The third-order valence-electron chi connectivity index (χ3n) is 5.34. The minimum atomic E-state index is -0.869. The molecule has 0 bridgehead atoms. The molecule has 4 amide bonds. The molecule has 1 aliphatic rings. The van der Waals surface area contributed by atoms with E-state index in [1.165, 1.54) is 4.90 Å². The third-order valence-corrected chi connectivity index (χ3v) is 5.34. The summed E-state index contributed by atoms with van der Waals surface area (Å²) in [5.74, 6) is -1.68. The molecule has 1 aromatic rings. The minimum absolute atomic E-state index is 0.275. The molecule has 1 fully saturated rings. The molecule has 1 aromatic carbocycles. The first-order chi connectivity index (χ1) is 14.2. The van der Waals surface area contributed by atoms with E-state index < -0.39 is 36.0 Å². The maximum atomic E-state index is 12.9. The molecule has 1 saturated heterocycles. The molecular weight excluding hydrogens is 386 g/mol. The van der Waals surface area contributed by atoms with Crippen molar-refractivity contribution in [2.24, 2.45) is 5.73 Å². The van der Waals surface area contributed by atoms with Gasteiger partial charge >= 0.3 is 0 Å². The van der Waals surface area contributed by atoms with Crippen molar-refractivity contribution < 1.29 is 19.2 Å². The average Bonchev–Trinajstić information content (AvgIpc) is 3.22. The Morgan fingerprint density at radius 3 is 2.37 bits per heavy atom. The topological polar surface area (TPSA) is 134 Å². The van der Waals surface area contributed by atoms with Gasteiger partial charge in [-0.3, -0.25) is 19.2 Å². The zero-order chi connectivity index (χ0) is 22.3. The molecule has 0 radical (unpaired) electrons. The van der Waals surface area contributed by atoms with Crippen molar-refractivity contribution in [3.05, 3.63) is 35.9 Å². The van der Waals surface area contributed by atoms with E-state index in [0.29, 0.717) is 19.4 Å². The van der Waals surface area contributed by atoms with Gasteiger partial charge in [-0.2, -0.15) is 0 Å². The predicted molar refractivity (Wildman–Crippen MR) is 112 cm³/mol. The molecule has 9 heteroatoms. The maximum Gasteiger partial charge on any atom is 0.245 e. The molecule has 0 aromatic heterocycles. The van der Waals surface area contributed by atoms with Crippen molar-refractivity contribution in [1.29, 1.82) is 0 Å². The summed E-state index contributed by atoms with van der Waals surface area (Å²) < 4.78 is 0. The molecule has 1 heterocycles. The summed E-state index contributed by atoms with van der Waals surface area (Å²) in [5, 5.41) is 8.17. The van der Waals surface area contributed by atoms with E-state index in [9.17, 15) is 19.2 Å². The van der Waals surface area contributed by atoms with E-state index in [4.69, 9.17) is 5.73 Å². The van der Waals surface area contributed by atoms with Crippen molar-refractivity contribution in [3.63, 3.8) is 0 Å². The Morgan fingerprint density at radius 2 is 1.77 bits per heavy atom. The van der Waals surface area contributed by atoms with Crippen molar-refractivity contribution in [2.45, 2.75) is 57.3 Å². The van der Waals surface area contributed by atoms with Crippen LogP contribution in [0.15, 0.2) is 30.3 Å². The number of rotatable bonds is 9. The highest BCUT2D eigenvalue weighted by Crippen LogP contribution is 2.19. The molecule has 1 aliphatic heterocycles. The Balaban J connectivity index is 2.02. The first-order valence-electron chi connectivity index (χ1n) is 10.2. The number of primary amides is 1. The second-order valence-corrected chi connectivity index (χ2v) is 7.58. The van der Waals surface area contributed by atoms with Crippen LogP contribution in [0, 0.1) is 0 Å². The Hall–Kier alpha value is -2.94. The molecule has 30 heavy (non-hydrogen) atoms. The molecule has 5 N–H and O–H groups in total. The highest BCUT2D eigenvalue weighted by molar-refractivity contribution is 5.94. The first kappa shape index (κ1) is 23.3. The molecule has 0 aliphatic carbocycles. The molecule has 4 atom stereocenters. The zero-order valence-corrected chi connectivity index (χ0v) is 17.7. The maximum absolute atomic E-state index is 12.9. The molecule has 0 spiro atoms. The van der Waals surface area contributed by atoms with E-state index in [-0.39, 0.29) is 18.2 Å². The number of nitrogens with zero attached hydrogens (tertiary/aromatic N) is 1. The summed E-state index contributed by atoms with van der Waals surface area (Å²) in [6.07, 6.45) is 1.43. The Bertz CT molecular complexity index is 770. The van der Waals surface area contributed by atoms with Gasteiger partial charge < -0.3 is 26.6 Å². The summed E-state index contributed by atoms with van der Waals surface area (Å²) in [6.45, 7) is 3.70. The van der Waals surface area contributed by atoms with Crippen LogP contribution in [-0.4, -0.2) is 66.3 Å². The number of nitrogens with two attached hydrogens (primary N) is 1. The summed E-state index contributed by atoms with van der Waals surface area (Å²) in [4.78, 5) is 51.1. The third kappa shape index (κ3) is 6.03. The van der Waals surface area contributed by atoms with Gasteiger partial charge in [-0.25, -0.2) is 0 Å². The van der Waals surface area contributed by atoms with E-state index in [0.717, 1.165) is 5.56 Å². The van der Waals surface area contributed by atoms with Crippen molar-refractivity contribution in [3.8, 4) is 0 Å². The van der Waals surface area contributed by atoms with Crippen LogP contribution >= 0.6 is 0 Å². The number of likely N-dealkylation sites (N-methyl/N-ethyl adjacent to an activating group) is 1. The number of nitrogens with one attached hydrogen (secondary N) is 3. The lowest BCUT2D eigenvalue weighted by Crippen LogP contribution is -2.56. The Morgan fingerprint density at radius 1 is 1.10 bits per heavy atom. The molecule has 2 unspecified atom stereocenters. The van der Waals surface area contributed by atoms with Gasteiger partial charge in [0.1, 0.15) is 18.1 Å². The van der Waals surface area contributed by atoms with Crippen LogP contribution in [0.1, 0.15) is 32.3 Å². The summed E-state index contributed by atoms with van der Waals surface area (Å²) in [6, 6.07) is 6.48. The first-order valence-corrected chi connectivity index (χ1v) is 10.2. The fourth-order valence-electron chi connectivity index (χ4n) is 3.42. The number of carbonyl (C=O) groups excluding carboxylic acids is 4. The number of hydrogen-bond donors (Lipinski definition) is 4. The fourth-order valence-corrected chi connectivity index (χ4v) is 3.42. The van der Waals surface area contributed by atoms with Gasteiger partial charge in [-0.05, 0) is 39.3 Å². The van der Waals surface area contributed by atoms with Crippen LogP contribution in [0.25, 0.3) is 0 Å². The molecule has 2 rings (SSSR count).